The summed E-state index contributed by atoms with van der Waals surface area (Å²) < 4.78 is 5.15. The molecular formula is C17H18N8O. The van der Waals surface area contributed by atoms with Gasteiger partial charge in [-0.15, -0.1) is 0 Å². The lowest BCUT2D eigenvalue weighted by Crippen LogP contribution is -2.13. The molecular weight excluding hydrogens is 332 g/mol. The van der Waals surface area contributed by atoms with Crippen molar-refractivity contribution in [3.05, 3.63) is 48.2 Å². The molecule has 26 heavy (non-hydrogen) atoms. The van der Waals surface area contributed by atoms with Crippen LogP contribution in [0.3, 0.4) is 0 Å². The van der Waals surface area contributed by atoms with Gasteiger partial charge < -0.3 is 5.32 Å². The number of aryl methyl sites for hydroxylation is 3. The van der Waals surface area contributed by atoms with Crippen molar-refractivity contribution in [2.24, 2.45) is 7.05 Å². The highest BCUT2D eigenvalue weighted by atomic mass is 16.2. The summed E-state index contributed by atoms with van der Waals surface area (Å²) in [6.07, 6.45) is 5.43. The van der Waals surface area contributed by atoms with E-state index in [1.54, 1.807) is 40.8 Å². The van der Waals surface area contributed by atoms with Crippen molar-refractivity contribution in [2.45, 2.75) is 20.4 Å². The summed E-state index contributed by atoms with van der Waals surface area (Å²) in [5.74, 6) is 0.143. The maximum atomic E-state index is 12.5. The highest BCUT2D eigenvalue weighted by Gasteiger charge is 2.17. The number of nitrogens with one attached hydrogen (secondary N) is 1. The second-order valence-electron chi connectivity index (χ2n) is 5.94. The molecule has 0 aliphatic rings. The molecule has 0 saturated carbocycles. The number of hydrogen-bond donors (Lipinski definition) is 1. The molecule has 0 radical (unpaired) electrons. The van der Waals surface area contributed by atoms with Crippen LogP contribution in [0.1, 0.15) is 23.1 Å². The minimum absolute atomic E-state index is 0.274. The number of rotatable bonds is 4. The van der Waals surface area contributed by atoms with Crippen LogP contribution in [0.25, 0.3) is 16.9 Å². The molecule has 4 heterocycles. The number of carbonyl (C=O) groups excluding carboxylic acids is 1. The number of nitrogens with zero attached hydrogens (tertiary/aromatic N) is 7. The lowest BCUT2D eigenvalue weighted by Gasteiger charge is -2.02. The lowest BCUT2D eigenvalue weighted by atomic mass is 10.2. The molecule has 0 unspecified atom stereocenters. The van der Waals surface area contributed by atoms with E-state index < -0.39 is 0 Å². The van der Waals surface area contributed by atoms with Gasteiger partial charge in [-0.2, -0.15) is 15.3 Å². The first-order valence-electron chi connectivity index (χ1n) is 8.25. The standard InChI is InChI=1S/C17H18N8O/c1-4-24-10-12(11(2)20-24)14-5-7-18-16-9-13(21-25(14)16)17(26)19-15-6-8-23(3)22-15/h5-10H,4H2,1-3H3,(H,19,22,26). The summed E-state index contributed by atoms with van der Waals surface area (Å²) in [4.78, 5) is 16.8. The van der Waals surface area contributed by atoms with E-state index in [-0.39, 0.29) is 11.6 Å². The van der Waals surface area contributed by atoms with E-state index in [0.717, 1.165) is 23.5 Å². The van der Waals surface area contributed by atoms with Gasteiger partial charge >= 0.3 is 0 Å². The molecule has 1 amide bonds. The van der Waals surface area contributed by atoms with E-state index in [0.29, 0.717) is 11.5 Å². The van der Waals surface area contributed by atoms with Gasteiger partial charge in [-0.3, -0.25) is 14.2 Å². The summed E-state index contributed by atoms with van der Waals surface area (Å²) in [6.45, 7) is 4.77. The van der Waals surface area contributed by atoms with Gasteiger partial charge in [0.1, 0.15) is 0 Å². The second kappa shape index (κ2) is 6.10. The predicted molar refractivity (Wildman–Crippen MR) is 95.8 cm³/mol. The van der Waals surface area contributed by atoms with Gasteiger partial charge in [0.15, 0.2) is 17.2 Å². The fourth-order valence-corrected chi connectivity index (χ4v) is 2.80. The van der Waals surface area contributed by atoms with Gasteiger partial charge in [0.25, 0.3) is 5.91 Å². The van der Waals surface area contributed by atoms with Crippen LogP contribution >= 0.6 is 0 Å². The molecule has 0 spiro atoms. The van der Waals surface area contributed by atoms with Gasteiger partial charge in [0, 0.05) is 49.9 Å². The van der Waals surface area contributed by atoms with Crippen LogP contribution in [0, 0.1) is 6.92 Å². The number of carbonyl (C=O) groups is 1. The number of amides is 1. The highest BCUT2D eigenvalue weighted by Crippen LogP contribution is 2.23. The average Bonchev–Trinajstić information content (AvgIpc) is 3.32. The number of anilines is 1. The van der Waals surface area contributed by atoms with E-state index in [1.165, 1.54) is 0 Å². The average molecular weight is 350 g/mol. The molecule has 4 aromatic heterocycles. The molecule has 1 N–H and O–H groups in total. The fourth-order valence-electron chi connectivity index (χ4n) is 2.80. The molecule has 0 atom stereocenters. The van der Waals surface area contributed by atoms with E-state index in [1.807, 2.05) is 30.8 Å². The first-order valence-corrected chi connectivity index (χ1v) is 8.25. The molecule has 0 aliphatic carbocycles. The highest BCUT2D eigenvalue weighted by molar-refractivity contribution is 6.03. The zero-order chi connectivity index (χ0) is 18.3. The molecule has 0 fully saturated rings. The third kappa shape index (κ3) is 2.73. The smallest absolute Gasteiger partial charge is 0.277 e. The van der Waals surface area contributed by atoms with Gasteiger partial charge in [-0.1, -0.05) is 0 Å². The number of aromatic nitrogens is 7. The van der Waals surface area contributed by atoms with Crippen molar-refractivity contribution in [3.8, 4) is 11.3 Å². The quantitative estimate of drug-likeness (QED) is 0.607. The van der Waals surface area contributed by atoms with E-state index in [2.05, 4.69) is 25.6 Å². The SMILES string of the molecule is CCn1cc(-c2ccnc3cc(C(=O)Nc4ccn(C)n4)nn23)c(C)n1. The fraction of sp³-hybridized carbons (Fsp3) is 0.235. The van der Waals surface area contributed by atoms with Crippen LogP contribution in [-0.2, 0) is 13.6 Å². The first-order chi connectivity index (χ1) is 12.5. The summed E-state index contributed by atoms with van der Waals surface area (Å²) in [6, 6.07) is 5.24. The Labute approximate surface area is 149 Å². The van der Waals surface area contributed by atoms with Crippen molar-refractivity contribution in [3.63, 3.8) is 0 Å². The molecule has 0 aliphatic heterocycles. The Balaban J connectivity index is 1.73. The van der Waals surface area contributed by atoms with Gasteiger partial charge in [0.05, 0.1) is 11.4 Å². The Bertz CT molecular complexity index is 1100. The van der Waals surface area contributed by atoms with Crippen molar-refractivity contribution < 1.29 is 4.79 Å². The zero-order valence-electron chi connectivity index (χ0n) is 14.7. The third-order valence-electron chi connectivity index (χ3n) is 4.09. The summed E-state index contributed by atoms with van der Waals surface area (Å²) in [5, 5.41) is 15.8. The molecule has 0 aromatic carbocycles. The Morgan fingerprint density at radius 3 is 2.77 bits per heavy atom. The minimum atomic E-state index is -0.332. The van der Waals surface area contributed by atoms with E-state index >= 15 is 0 Å². The normalized spacial score (nSPS) is 11.2. The van der Waals surface area contributed by atoms with Crippen molar-refractivity contribution >= 4 is 17.4 Å². The molecule has 4 rings (SSSR count). The second-order valence-corrected chi connectivity index (χ2v) is 5.94. The third-order valence-corrected chi connectivity index (χ3v) is 4.09. The molecule has 132 valence electrons. The number of hydrogen-bond acceptors (Lipinski definition) is 5. The Kier molecular flexibility index (Phi) is 3.76. The molecule has 0 saturated heterocycles. The largest absolute Gasteiger partial charge is 0.304 e. The van der Waals surface area contributed by atoms with Crippen LogP contribution in [0.5, 0.6) is 0 Å². The number of fused-ring (bicyclic) bond motifs is 1. The maximum Gasteiger partial charge on any atom is 0.277 e. The zero-order valence-corrected chi connectivity index (χ0v) is 14.7. The Morgan fingerprint density at radius 2 is 2.08 bits per heavy atom. The van der Waals surface area contributed by atoms with Crippen LogP contribution < -0.4 is 5.32 Å². The van der Waals surface area contributed by atoms with Crippen LogP contribution in [-0.4, -0.2) is 40.1 Å². The first kappa shape index (κ1) is 16.0. The van der Waals surface area contributed by atoms with Gasteiger partial charge in [-0.05, 0) is 19.9 Å². The summed E-state index contributed by atoms with van der Waals surface area (Å²) >= 11 is 0. The lowest BCUT2D eigenvalue weighted by molar-refractivity contribution is 0.102. The van der Waals surface area contributed by atoms with Crippen molar-refractivity contribution in [2.75, 3.05) is 5.32 Å². The molecule has 0 bridgehead atoms. The van der Waals surface area contributed by atoms with Crippen LogP contribution in [0.2, 0.25) is 0 Å². The topological polar surface area (TPSA) is 94.9 Å². The summed E-state index contributed by atoms with van der Waals surface area (Å²) in [5.41, 5.74) is 3.56. The van der Waals surface area contributed by atoms with Gasteiger partial charge in [0.2, 0.25) is 0 Å². The Morgan fingerprint density at radius 1 is 1.23 bits per heavy atom. The molecule has 9 nitrogen and oxygen atoms in total. The predicted octanol–water partition coefficient (Wildman–Crippen LogP) is 1.91. The Hall–Kier alpha value is -3.49. The van der Waals surface area contributed by atoms with Crippen LogP contribution in [0.4, 0.5) is 5.82 Å². The van der Waals surface area contributed by atoms with E-state index in [4.69, 9.17) is 0 Å². The van der Waals surface area contributed by atoms with Gasteiger partial charge in [-0.25, -0.2) is 9.50 Å². The van der Waals surface area contributed by atoms with Crippen molar-refractivity contribution in [1.82, 2.24) is 34.2 Å². The minimum Gasteiger partial charge on any atom is -0.304 e. The monoisotopic (exact) mass is 350 g/mol. The molecule has 4 aromatic rings. The summed E-state index contributed by atoms with van der Waals surface area (Å²) in [7, 11) is 1.79. The van der Waals surface area contributed by atoms with Crippen molar-refractivity contribution in [1.29, 1.82) is 0 Å². The van der Waals surface area contributed by atoms with Crippen LogP contribution in [0.15, 0.2) is 36.8 Å². The molecule has 9 heteroatoms. The van der Waals surface area contributed by atoms with E-state index in [9.17, 15) is 4.79 Å². The maximum absolute atomic E-state index is 12.5.